The molecule has 1 unspecified atom stereocenters. The van der Waals surface area contributed by atoms with Gasteiger partial charge in [0.05, 0.1) is 38.8 Å². The third-order valence-electron chi connectivity index (χ3n) is 6.13. The summed E-state index contributed by atoms with van der Waals surface area (Å²) in [5.41, 5.74) is 2.27. The van der Waals surface area contributed by atoms with Crippen molar-refractivity contribution in [3.8, 4) is 34.6 Å². The zero-order chi connectivity index (χ0) is 26.2. The SMILES string of the molecule is CCOc1cccc(-c2nc3ncc(C4CCCN4S(N)(=O)=O)nc3n2-c2c(OC)cccc2OC)n1. The van der Waals surface area contributed by atoms with Crippen molar-refractivity contribution >= 4 is 21.5 Å². The summed E-state index contributed by atoms with van der Waals surface area (Å²) >= 11 is 0. The van der Waals surface area contributed by atoms with E-state index in [4.69, 9.17) is 29.3 Å². The molecule has 4 aromatic rings. The summed E-state index contributed by atoms with van der Waals surface area (Å²) in [6.07, 6.45) is 2.79. The van der Waals surface area contributed by atoms with E-state index in [9.17, 15) is 8.42 Å². The first kappa shape index (κ1) is 24.9. The topological polar surface area (TPSA) is 148 Å². The predicted octanol–water partition coefficient (Wildman–Crippen LogP) is 2.63. The summed E-state index contributed by atoms with van der Waals surface area (Å²) in [6, 6.07) is 10.3. The minimum atomic E-state index is -3.91. The Kier molecular flexibility index (Phi) is 6.67. The van der Waals surface area contributed by atoms with Gasteiger partial charge in [0.2, 0.25) is 5.88 Å². The van der Waals surface area contributed by atoms with Gasteiger partial charge in [-0.3, -0.25) is 4.57 Å². The van der Waals surface area contributed by atoms with Crippen LogP contribution in [0.5, 0.6) is 17.4 Å². The first-order valence-corrected chi connectivity index (χ1v) is 13.2. The zero-order valence-corrected chi connectivity index (χ0v) is 21.5. The lowest BCUT2D eigenvalue weighted by atomic mass is 10.2. The number of nitrogens with two attached hydrogens (primary N) is 1. The van der Waals surface area contributed by atoms with Gasteiger partial charge in [0.15, 0.2) is 17.1 Å². The maximum Gasteiger partial charge on any atom is 0.277 e. The Morgan fingerprint density at radius 2 is 1.78 bits per heavy atom. The summed E-state index contributed by atoms with van der Waals surface area (Å²) in [7, 11) is -0.785. The third-order valence-corrected chi connectivity index (χ3v) is 7.22. The first-order valence-electron chi connectivity index (χ1n) is 11.7. The molecule has 1 aliphatic heterocycles. The van der Waals surface area contributed by atoms with Crippen LogP contribution < -0.4 is 19.3 Å². The van der Waals surface area contributed by atoms with E-state index in [1.54, 1.807) is 43.2 Å². The monoisotopic (exact) mass is 525 g/mol. The van der Waals surface area contributed by atoms with E-state index in [0.717, 1.165) is 0 Å². The van der Waals surface area contributed by atoms with E-state index in [1.807, 2.05) is 25.1 Å². The molecule has 1 fully saturated rings. The highest BCUT2D eigenvalue weighted by molar-refractivity contribution is 7.86. The van der Waals surface area contributed by atoms with Crippen LogP contribution in [0.15, 0.2) is 42.6 Å². The van der Waals surface area contributed by atoms with Gasteiger partial charge in [-0.15, -0.1) is 0 Å². The lowest BCUT2D eigenvalue weighted by Gasteiger charge is -2.21. The lowest BCUT2D eigenvalue weighted by Crippen LogP contribution is -2.36. The molecular formula is C24H27N7O5S. The number of para-hydroxylation sites is 1. The van der Waals surface area contributed by atoms with Crippen molar-refractivity contribution in [3.63, 3.8) is 0 Å². The van der Waals surface area contributed by atoms with Crippen LogP contribution >= 0.6 is 0 Å². The Hall–Kier alpha value is -3.81. The van der Waals surface area contributed by atoms with Gasteiger partial charge in [-0.1, -0.05) is 12.1 Å². The van der Waals surface area contributed by atoms with Gasteiger partial charge in [-0.25, -0.2) is 25.1 Å². The summed E-state index contributed by atoms with van der Waals surface area (Å²) < 4.78 is 44.4. The highest BCUT2D eigenvalue weighted by Gasteiger charge is 2.35. The fourth-order valence-electron chi connectivity index (χ4n) is 4.57. The van der Waals surface area contributed by atoms with Crippen LogP contribution in [0.4, 0.5) is 0 Å². The van der Waals surface area contributed by atoms with Crippen molar-refractivity contribution in [1.29, 1.82) is 0 Å². The molecule has 0 bridgehead atoms. The van der Waals surface area contributed by atoms with Gasteiger partial charge in [0.25, 0.3) is 10.2 Å². The minimum absolute atomic E-state index is 0.322. The second kappa shape index (κ2) is 9.92. The van der Waals surface area contributed by atoms with E-state index < -0.39 is 16.3 Å². The average molecular weight is 526 g/mol. The molecule has 1 aromatic carbocycles. The molecular weight excluding hydrogens is 498 g/mol. The molecule has 37 heavy (non-hydrogen) atoms. The standard InChI is InChI=1S/C24H27N7O5S/c1-4-36-20-12-5-8-15(27-20)23-29-22-24(31(23)21-18(34-2)10-6-11-19(21)35-3)28-16(14-26-22)17-9-7-13-30(17)37(25,32)33/h5-6,8,10-12,14,17H,4,7,9,13H2,1-3H3,(H2,25,32,33). The number of nitrogens with zero attached hydrogens (tertiary/aromatic N) is 6. The fraction of sp³-hybridized carbons (Fsp3) is 0.333. The third kappa shape index (κ3) is 4.56. The molecule has 0 radical (unpaired) electrons. The molecule has 3 aromatic heterocycles. The molecule has 194 valence electrons. The number of methoxy groups -OCH3 is 2. The Bertz CT molecular complexity index is 1530. The summed E-state index contributed by atoms with van der Waals surface area (Å²) in [5.74, 6) is 1.91. The average Bonchev–Trinajstić information content (AvgIpc) is 3.53. The first-order chi connectivity index (χ1) is 17.9. The molecule has 5 rings (SSSR count). The van der Waals surface area contributed by atoms with Gasteiger partial charge < -0.3 is 14.2 Å². The largest absolute Gasteiger partial charge is 0.494 e. The van der Waals surface area contributed by atoms with Crippen molar-refractivity contribution in [2.75, 3.05) is 27.4 Å². The van der Waals surface area contributed by atoms with Crippen LogP contribution in [0.3, 0.4) is 0 Å². The highest BCUT2D eigenvalue weighted by Crippen LogP contribution is 2.39. The lowest BCUT2D eigenvalue weighted by molar-refractivity contribution is 0.327. The van der Waals surface area contributed by atoms with E-state index in [0.29, 0.717) is 77.6 Å². The number of imidazole rings is 1. The van der Waals surface area contributed by atoms with Gasteiger partial charge in [0.1, 0.15) is 22.9 Å². The molecule has 0 amide bonds. The number of hydrogen-bond donors (Lipinski definition) is 1. The molecule has 0 aliphatic carbocycles. The van der Waals surface area contributed by atoms with E-state index >= 15 is 0 Å². The van der Waals surface area contributed by atoms with Crippen molar-refractivity contribution in [2.45, 2.75) is 25.8 Å². The summed E-state index contributed by atoms with van der Waals surface area (Å²) in [4.78, 5) is 18.8. The maximum absolute atomic E-state index is 12.2. The molecule has 0 spiro atoms. The van der Waals surface area contributed by atoms with Crippen molar-refractivity contribution < 1.29 is 22.6 Å². The van der Waals surface area contributed by atoms with Gasteiger partial charge in [-0.05, 0) is 38.0 Å². The summed E-state index contributed by atoms with van der Waals surface area (Å²) in [5, 5.41) is 5.48. The number of hydrogen-bond acceptors (Lipinski definition) is 9. The predicted molar refractivity (Wildman–Crippen MR) is 136 cm³/mol. The number of fused-ring (bicyclic) bond motifs is 1. The van der Waals surface area contributed by atoms with E-state index in [1.165, 1.54) is 4.31 Å². The Balaban J connectivity index is 1.79. The van der Waals surface area contributed by atoms with Crippen LogP contribution in [0, 0.1) is 0 Å². The molecule has 0 saturated carbocycles. The fourth-order valence-corrected chi connectivity index (χ4v) is 5.52. The number of ether oxygens (including phenoxy) is 3. The van der Waals surface area contributed by atoms with Gasteiger partial charge >= 0.3 is 0 Å². The smallest absolute Gasteiger partial charge is 0.277 e. The molecule has 12 nitrogen and oxygen atoms in total. The van der Waals surface area contributed by atoms with Gasteiger partial charge in [-0.2, -0.15) is 12.7 Å². The van der Waals surface area contributed by atoms with Gasteiger partial charge in [0, 0.05) is 12.6 Å². The summed E-state index contributed by atoms with van der Waals surface area (Å²) in [6.45, 7) is 2.66. The maximum atomic E-state index is 12.2. The van der Waals surface area contributed by atoms with Crippen molar-refractivity contribution in [3.05, 3.63) is 48.3 Å². The quantitative estimate of drug-likeness (QED) is 0.366. The molecule has 1 saturated heterocycles. The Morgan fingerprint density at radius 1 is 1.05 bits per heavy atom. The van der Waals surface area contributed by atoms with E-state index in [2.05, 4.69) is 9.97 Å². The molecule has 2 N–H and O–H groups in total. The second-order valence-corrected chi connectivity index (χ2v) is 9.83. The van der Waals surface area contributed by atoms with Crippen LogP contribution in [0.1, 0.15) is 31.5 Å². The molecule has 1 atom stereocenters. The normalized spacial score (nSPS) is 16.3. The number of pyridine rings is 1. The van der Waals surface area contributed by atoms with E-state index in [-0.39, 0.29) is 0 Å². The molecule has 4 heterocycles. The molecule has 1 aliphatic rings. The Morgan fingerprint density at radius 3 is 2.46 bits per heavy atom. The second-order valence-electron chi connectivity index (χ2n) is 8.33. The number of aromatic nitrogens is 5. The molecule has 13 heteroatoms. The zero-order valence-electron chi connectivity index (χ0n) is 20.7. The number of rotatable bonds is 8. The van der Waals surface area contributed by atoms with Crippen LogP contribution in [-0.2, 0) is 10.2 Å². The minimum Gasteiger partial charge on any atom is -0.494 e. The van der Waals surface area contributed by atoms with Crippen LogP contribution in [0.25, 0.3) is 28.5 Å². The van der Waals surface area contributed by atoms with Crippen LogP contribution in [0.2, 0.25) is 0 Å². The Labute approximate surface area is 214 Å². The van der Waals surface area contributed by atoms with Crippen molar-refractivity contribution in [2.24, 2.45) is 5.14 Å². The van der Waals surface area contributed by atoms with Crippen molar-refractivity contribution in [1.82, 2.24) is 28.8 Å². The number of benzene rings is 1. The highest BCUT2D eigenvalue weighted by atomic mass is 32.2. The van der Waals surface area contributed by atoms with Crippen LogP contribution in [-0.4, -0.2) is 64.6 Å².